The molecular weight excluding hydrogens is 208 g/mol. The Balaban J connectivity index is 2.59. The zero-order valence-electron chi connectivity index (χ0n) is 9.60. The fraction of sp³-hybridized carbons (Fsp3) is 0.0625. The first-order valence-electron chi connectivity index (χ1n) is 5.69. The fourth-order valence-corrected chi connectivity index (χ4v) is 2.35. The Hall–Kier alpha value is -2.15. The lowest BCUT2D eigenvalue weighted by Gasteiger charge is -2.07. The number of carbonyl (C=O) groups is 1. The molecule has 0 radical (unpaired) electrons. The van der Waals surface area contributed by atoms with Crippen molar-refractivity contribution in [3.63, 3.8) is 0 Å². The third kappa shape index (κ3) is 1.51. The van der Waals surface area contributed by atoms with E-state index in [-0.39, 0.29) is 5.78 Å². The molecule has 1 heteroatoms. The molecule has 3 rings (SSSR count). The molecule has 0 saturated carbocycles. The van der Waals surface area contributed by atoms with Crippen LogP contribution in [0.15, 0.2) is 54.6 Å². The van der Waals surface area contributed by atoms with Crippen LogP contribution in [0.25, 0.3) is 21.5 Å². The van der Waals surface area contributed by atoms with E-state index in [2.05, 4.69) is 24.3 Å². The molecule has 0 fully saturated rings. The summed E-state index contributed by atoms with van der Waals surface area (Å²) in [6.07, 6.45) is 0. The van der Waals surface area contributed by atoms with Crippen molar-refractivity contribution in [2.45, 2.75) is 6.92 Å². The maximum Gasteiger partial charge on any atom is 0.160 e. The zero-order chi connectivity index (χ0) is 11.8. The molecule has 0 aliphatic carbocycles. The summed E-state index contributed by atoms with van der Waals surface area (Å²) in [6, 6.07) is 18.2. The number of hydrogen-bond acceptors (Lipinski definition) is 1. The minimum absolute atomic E-state index is 0.118. The van der Waals surface area contributed by atoms with Gasteiger partial charge in [-0.1, -0.05) is 54.6 Å². The van der Waals surface area contributed by atoms with E-state index in [1.54, 1.807) is 6.92 Å². The molecule has 0 heterocycles. The van der Waals surface area contributed by atoms with Crippen LogP contribution in [0, 0.1) is 0 Å². The van der Waals surface area contributed by atoms with E-state index in [1.807, 2.05) is 30.3 Å². The second-order valence-electron chi connectivity index (χ2n) is 4.25. The van der Waals surface area contributed by atoms with Crippen LogP contribution in [0.3, 0.4) is 0 Å². The average Bonchev–Trinajstić information content (AvgIpc) is 2.37. The number of rotatable bonds is 1. The van der Waals surface area contributed by atoms with Crippen molar-refractivity contribution in [1.82, 2.24) is 0 Å². The van der Waals surface area contributed by atoms with Crippen LogP contribution in [0.1, 0.15) is 17.3 Å². The fourth-order valence-electron chi connectivity index (χ4n) is 2.35. The molecule has 0 aliphatic rings. The first-order valence-corrected chi connectivity index (χ1v) is 5.69. The third-order valence-electron chi connectivity index (χ3n) is 3.15. The molecule has 0 spiro atoms. The van der Waals surface area contributed by atoms with Crippen molar-refractivity contribution >= 4 is 27.3 Å². The van der Waals surface area contributed by atoms with Gasteiger partial charge in [-0.25, -0.2) is 0 Å². The predicted molar refractivity (Wildman–Crippen MR) is 71.5 cm³/mol. The van der Waals surface area contributed by atoms with Crippen LogP contribution in [0.2, 0.25) is 0 Å². The Morgan fingerprint density at radius 2 is 1.53 bits per heavy atom. The Morgan fingerprint density at radius 3 is 2.35 bits per heavy atom. The molecular formula is C16H12O. The summed E-state index contributed by atoms with van der Waals surface area (Å²) in [5.41, 5.74) is 0.805. The molecule has 0 bridgehead atoms. The van der Waals surface area contributed by atoms with Gasteiger partial charge in [0.05, 0.1) is 0 Å². The first kappa shape index (κ1) is 10.0. The average molecular weight is 220 g/mol. The first-order chi connectivity index (χ1) is 8.27. The summed E-state index contributed by atoms with van der Waals surface area (Å²) in [5, 5.41) is 4.51. The van der Waals surface area contributed by atoms with Gasteiger partial charge < -0.3 is 0 Å². The topological polar surface area (TPSA) is 17.1 Å². The Bertz CT molecular complexity index is 726. The van der Waals surface area contributed by atoms with E-state index in [0.717, 1.165) is 21.7 Å². The predicted octanol–water partition coefficient (Wildman–Crippen LogP) is 4.20. The van der Waals surface area contributed by atoms with Crippen LogP contribution in [0.5, 0.6) is 0 Å². The number of hydrogen-bond donors (Lipinski definition) is 0. The molecule has 3 aromatic carbocycles. The molecule has 0 aliphatic heterocycles. The molecule has 17 heavy (non-hydrogen) atoms. The normalized spacial score (nSPS) is 10.9. The van der Waals surface area contributed by atoms with Gasteiger partial charge in [-0.05, 0) is 23.1 Å². The minimum Gasteiger partial charge on any atom is -0.294 e. The highest BCUT2D eigenvalue weighted by molar-refractivity contribution is 6.17. The van der Waals surface area contributed by atoms with Crippen molar-refractivity contribution in [3.8, 4) is 0 Å². The van der Waals surface area contributed by atoms with Crippen molar-refractivity contribution in [2.75, 3.05) is 0 Å². The van der Waals surface area contributed by atoms with Crippen LogP contribution in [-0.4, -0.2) is 5.78 Å². The summed E-state index contributed by atoms with van der Waals surface area (Å²) >= 11 is 0. The lowest BCUT2D eigenvalue weighted by molar-refractivity contribution is 0.101. The quantitative estimate of drug-likeness (QED) is 0.444. The highest BCUT2D eigenvalue weighted by Crippen LogP contribution is 2.28. The summed E-state index contributed by atoms with van der Waals surface area (Å²) < 4.78 is 0. The minimum atomic E-state index is 0.118. The largest absolute Gasteiger partial charge is 0.294 e. The van der Waals surface area contributed by atoms with Crippen molar-refractivity contribution in [3.05, 3.63) is 60.2 Å². The van der Waals surface area contributed by atoms with Crippen LogP contribution in [0.4, 0.5) is 0 Å². The number of benzene rings is 3. The lowest BCUT2D eigenvalue weighted by Crippen LogP contribution is -1.93. The third-order valence-corrected chi connectivity index (χ3v) is 3.15. The number of fused-ring (bicyclic) bond motifs is 3. The van der Waals surface area contributed by atoms with Gasteiger partial charge in [0.15, 0.2) is 5.78 Å². The maximum atomic E-state index is 11.7. The number of Topliss-reactive ketones (excluding diaryl/α,β-unsaturated/α-hetero) is 1. The lowest BCUT2D eigenvalue weighted by atomic mass is 9.96. The molecule has 0 unspecified atom stereocenters. The van der Waals surface area contributed by atoms with Gasteiger partial charge in [0.2, 0.25) is 0 Å². The molecule has 3 aromatic rings. The van der Waals surface area contributed by atoms with Gasteiger partial charge in [-0.15, -0.1) is 0 Å². The van der Waals surface area contributed by atoms with E-state index in [4.69, 9.17) is 0 Å². The number of ketones is 1. The van der Waals surface area contributed by atoms with E-state index in [9.17, 15) is 4.79 Å². The maximum absolute atomic E-state index is 11.7. The van der Waals surface area contributed by atoms with Crippen LogP contribution < -0.4 is 0 Å². The molecule has 1 nitrogen and oxygen atoms in total. The van der Waals surface area contributed by atoms with Crippen molar-refractivity contribution in [2.24, 2.45) is 0 Å². The summed E-state index contributed by atoms with van der Waals surface area (Å²) in [7, 11) is 0. The standard InChI is InChI=1S/C16H12O/c1-11(17)14-8-4-6-13-10-9-12-5-2-3-7-15(12)16(13)14/h2-10H,1H3. The highest BCUT2D eigenvalue weighted by atomic mass is 16.1. The Kier molecular flexibility index (Phi) is 2.19. The molecule has 0 saturated heterocycles. The van der Waals surface area contributed by atoms with Gasteiger partial charge >= 0.3 is 0 Å². The van der Waals surface area contributed by atoms with Gasteiger partial charge in [0.25, 0.3) is 0 Å². The van der Waals surface area contributed by atoms with Crippen LogP contribution in [-0.2, 0) is 0 Å². The summed E-state index contributed by atoms with van der Waals surface area (Å²) in [6.45, 7) is 1.62. The van der Waals surface area contributed by atoms with Gasteiger partial charge in [0.1, 0.15) is 0 Å². The van der Waals surface area contributed by atoms with E-state index < -0.39 is 0 Å². The zero-order valence-corrected chi connectivity index (χ0v) is 9.60. The second kappa shape index (κ2) is 3.70. The molecule has 0 N–H and O–H groups in total. The molecule has 82 valence electrons. The molecule has 0 amide bonds. The summed E-state index contributed by atoms with van der Waals surface area (Å²) in [4.78, 5) is 11.7. The Morgan fingerprint density at radius 1 is 0.824 bits per heavy atom. The van der Waals surface area contributed by atoms with E-state index in [0.29, 0.717) is 0 Å². The molecule has 0 atom stereocenters. The van der Waals surface area contributed by atoms with Gasteiger partial charge in [0, 0.05) is 10.9 Å². The van der Waals surface area contributed by atoms with Gasteiger partial charge in [-0.2, -0.15) is 0 Å². The SMILES string of the molecule is CC(=O)c1cccc2ccc3ccccc3c12. The summed E-state index contributed by atoms with van der Waals surface area (Å²) in [5.74, 6) is 0.118. The number of carbonyl (C=O) groups excluding carboxylic acids is 1. The Labute approximate surface area is 99.7 Å². The highest BCUT2D eigenvalue weighted by Gasteiger charge is 2.08. The van der Waals surface area contributed by atoms with Crippen molar-refractivity contribution < 1.29 is 4.79 Å². The van der Waals surface area contributed by atoms with E-state index >= 15 is 0 Å². The molecule has 0 aromatic heterocycles. The van der Waals surface area contributed by atoms with Crippen LogP contribution >= 0.6 is 0 Å². The van der Waals surface area contributed by atoms with E-state index in [1.165, 1.54) is 5.39 Å². The second-order valence-corrected chi connectivity index (χ2v) is 4.25. The monoisotopic (exact) mass is 220 g/mol. The van der Waals surface area contributed by atoms with Gasteiger partial charge in [-0.3, -0.25) is 4.79 Å². The smallest absolute Gasteiger partial charge is 0.160 e. The van der Waals surface area contributed by atoms with Crippen molar-refractivity contribution in [1.29, 1.82) is 0 Å².